The summed E-state index contributed by atoms with van der Waals surface area (Å²) in [6.07, 6.45) is 0.265. The maximum atomic E-state index is 13.5. The maximum absolute atomic E-state index is 13.5. The number of thiophene rings is 1. The van der Waals surface area contributed by atoms with Gasteiger partial charge in [0.05, 0.1) is 6.54 Å². The third kappa shape index (κ3) is 6.42. The first kappa shape index (κ1) is 19.8. The lowest BCUT2D eigenvalue weighted by atomic mass is 10.1. The van der Waals surface area contributed by atoms with Crippen LogP contribution in [0.25, 0.3) is 0 Å². The van der Waals surface area contributed by atoms with Crippen LogP contribution in [0.5, 0.6) is 0 Å². The van der Waals surface area contributed by atoms with E-state index in [0.717, 1.165) is 12.1 Å². The fraction of sp³-hybridized carbons (Fsp3) is 0.312. The molecule has 0 spiro atoms. The number of hydrogen-bond donors (Lipinski definition) is 2. The predicted octanol–water partition coefficient (Wildman–Crippen LogP) is 3.94. The predicted molar refractivity (Wildman–Crippen MR) is 103 cm³/mol. The van der Waals surface area contributed by atoms with Gasteiger partial charge in [-0.2, -0.15) is 11.3 Å². The minimum Gasteiger partial charge on any atom is -0.357 e. The smallest absolute Gasteiger partial charge is 0.191 e. The van der Waals surface area contributed by atoms with Crippen molar-refractivity contribution in [2.45, 2.75) is 19.9 Å². The Kier molecular flexibility index (Phi) is 9.08. The molecule has 0 fully saturated rings. The van der Waals surface area contributed by atoms with Crippen molar-refractivity contribution in [3.63, 3.8) is 0 Å². The van der Waals surface area contributed by atoms with Gasteiger partial charge in [-0.1, -0.05) is 6.07 Å². The molecule has 2 aromatic rings. The fourth-order valence-electron chi connectivity index (χ4n) is 1.97. The first-order valence-electron chi connectivity index (χ1n) is 7.17. The molecule has 0 unspecified atom stereocenters. The van der Waals surface area contributed by atoms with E-state index in [1.807, 2.05) is 23.8 Å². The average Bonchev–Trinajstić information content (AvgIpc) is 3.01. The Morgan fingerprint density at radius 3 is 2.52 bits per heavy atom. The molecule has 1 aromatic carbocycles. The molecule has 0 saturated carbocycles. The zero-order chi connectivity index (χ0) is 15.8. The molecule has 0 saturated heterocycles. The number of guanidine groups is 1. The fourth-order valence-corrected chi connectivity index (χ4v) is 2.63. The summed E-state index contributed by atoms with van der Waals surface area (Å²) in [6, 6.07) is 5.93. The van der Waals surface area contributed by atoms with Gasteiger partial charge < -0.3 is 10.6 Å². The van der Waals surface area contributed by atoms with Gasteiger partial charge in [0.2, 0.25) is 0 Å². The third-order valence-electron chi connectivity index (χ3n) is 3.07. The van der Waals surface area contributed by atoms with Crippen molar-refractivity contribution < 1.29 is 8.78 Å². The van der Waals surface area contributed by atoms with Crippen molar-refractivity contribution in [1.29, 1.82) is 0 Å². The van der Waals surface area contributed by atoms with Gasteiger partial charge in [-0.3, -0.25) is 0 Å². The molecule has 126 valence electrons. The molecule has 1 heterocycles. The van der Waals surface area contributed by atoms with Crippen LogP contribution < -0.4 is 10.6 Å². The summed E-state index contributed by atoms with van der Waals surface area (Å²) in [4.78, 5) is 4.45. The second-order valence-corrected chi connectivity index (χ2v) is 5.48. The lowest BCUT2D eigenvalue weighted by molar-refractivity contribution is 0.553. The van der Waals surface area contributed by atoms with E-state index in [-0.39, 0.29) is 36.0 Å². The highest BCUT2D eigenvalue weighted by atomic mass is 127. The van der Waals surface area contributed by atoms with E-state index in [1.54, 1.807) is 11.3 Å². The molecule has 0 aliphatic rings. The zero-order valence-electron chi connectivity index (χ0n) is 12.8. The Balaban J connectivity index is 0.00000264. The van der Waals surface area contributed by atoms with Gasteiger partial charge in [0.25, 0.3) is 0 Å². The lowest BCUT2D eigenvalue weighted by Crippen LogP contribution is -2.38. The van der Waals surface area contributed by atoms with Crippen molar-refractivity contribution in [2.75, 3.05) is 13.1 Å². The molecular formula is C16H20F2IN3S. The Morgan fingerprint density at radius 1 is 1.17 bits per heavy atom. The molecule has 2 rings (SSSR count). The Bertz CT molecular complexity index is 598. The molecular weight excluding hydrogens is 431 g/mol. The molecule has 0 aliphatic carbocycles. The molecule has 0 amide bonds. The molecule has 3 nitrogen and oxygen atoms in total. The van der Waals surface area contributed by atoms with E-state index >= 15 is 0 Å². The summed E-state index contributed by atoms with van der Waals surface area (Å²) in [6.45, 7) is 3.68. The zero-order valence-corrected chi connectivity index (χ0v) is 16.0. The van der Waals surface area contributed by atoms with Crippen molar-refractivity contribution in [2.24, 2.45) is 4.99 Å². The van der Waals surface area contributed by atoms with Crippen molar-refractivity contribution in [3.05, 3.63) is 57.8 Å². The number of hydrogen-bond acceptors (Lipinski definition) is 2. The van der Waals surface area contributed by atoms with Crippen LogP contribution >= 0.6 is 35.3 Å². The van der Waals surface area contributed by atoms with E-state index in [9.17, 15) is 8.78 Å². The molecule has 7 heteroatoms. The van der Waals surface area contributed by atoms with Gasteiger partial charge in [0, 0.05) is 18.7 Å². The summed E-state index contributed by atoms with van der Waals surface area (Å²) in [7, 11) is 0. The van der Waals surface area contributed by atoms with Crippen LogP contribution in [0.4, 0.5) is 8.78 Å². The minimum absolute atomic E-state index is 0. The number of nitrogens with zero attached hydrogens (tertiary/aromatic N) is 1. The Labute approximate surface area is 156 Å². The summed E-state index contributed by atoms with van der Waals surface area (Å²) in [5, 5.41) is 10.3. The molecule has 1 aromatic heterocycles. The quantitative estimate of drug-likeness (QED) is 0.397. The molecule has 23 heavy (non-hydrogen) atoms. The molecule has 0 bridgehead atoms. The highest BCUT2D eigenvalue weighted by Crippen LogP contribution is 2.12. The average molecular weight is 451 g/mol. The van der Waals surface area contributed by atoms with Gasteiger partial charge in [-0.05, 0) is 47.9 Å². The second-order valence-electron chi connectivity index (χ2n) is 4.70. The Hall–Kier alpha value is -1.22. The third-order valence-corrected chi connectivity index (χ3v) is 3.81. The summed E-state index contributed by atoms with van der Waals surface area (Å²) >= 11 is 1.63. The van der Waals surface area contributed by atoms with E-state index in [1.165, 1.54) is 18.2 Å². The van der Waals surface area contributed by atoms with Crippen molar-refractivity contribution in [1.82, 2.24) is 10.6 Å². The highest BCUT2D eigenvalue weighted by molar-refractivity contribution is 14.0. The van der Waals surface area contributed by atoms with E-state index < -0.39 is 11.6 Å². The molecule has 0 atom stereocenters. The van der Waals surface area contributed by atoms with Crippen LogP contribution in [0.1, 0.15) is 18.1 Å². The number of nitrogens with one attached hydrogen (secondary N) is 2. The molecule has 0 radical (unpaired) electrons. The van der Waals surface area contributed by atoms with Crippen LogP contribution in [-0.2, 0) is 13.0 Å². The van der Waals surface area contributed by atoms with Gasteiger partial charge in [0.1, 0.15) is 11.6 Å². The van der Waals surface area contributed by atoms with E-state index in [4.69, 9.17) is 0 Å². The summed E-state index contributed by atoms with van der Waals surface area (Å²) in [5.74, 6) is -0.380. The number of rotatable bonds is 6. The normalized spacial score (nSPS) is 11.0. The largest absolute Gasteiger partial charge is 0.357 e. The Morgan fingerprint density at radius 2 is 1.91 bits per heavy atom. The number of aliphatic imine (C=N–C) groups is 1. The SMILES string of the molecule is CCNC(=NCc1ccsc1)NCCc1c(F)cccc1F.I. The van der Waals surface area contributed by atoms with Crippen LogP contribution in [0.3, 0.4) is 0 Å². The van der Waals surface area contributed by atoms with E-state index in [2.05, 4.69) is 15.6 Å². The van der Waals surface area contributed by atoms with Crippen LogP contribution in [0.15, 0.2) is 40.0 Å². The monoisotopic (exact) mass is 451 g/mol. The summed E-state index contributed by atoms with van der Waals surface area (Å²) in [5.41, 5.74) is 1.24. The first-order valence-corrected chi connectivity index (χ1v) is 8.11. The van der Waals surface area contributed by atoms with Crippen LogP contribution in [0.2, 0.25) is 0 Å². The second kappa shape index (κ2) is 10.5. The van der Waals surface area contributed by atoms with Gasteiger partial charge in [-0.15, -0.1) is 24.0 Å². The highest BCUT2D eigenvalue weighted by Gasteiger charge is 2.08. The van der Waals surface area contributed by atoms with Crippen LogP contribution in [-0.4, -0.2) is 19.0 Å². The topological polar surface area (TPSA) is 36.4 Å². The number of benzene rings is 1. The minimum atomic E-state index is -0.512. The van der Waals surface area contributed by atoms with Gasteiger partial charge in [0.15, 0.2) is 5.96 Å². The summed E-state index contributed by atoms with van der Waals surface area (Å²) < 4.78 is 27.1. The van der Waals surface area contributed by atoms with Crippen LogP contribution in [0, 0.1) is 11.6 Å². The molecule has 2 N–H and O–H groups in total. The van der Waals surface area contributed by atoms with Gasteiger partial charge in [-0.25, -0.2) is 13.8 Å². The van der Waals surface area contributed by atoms with Crippen molar-refractivity contribution in [3.8, 4) is 0 Å². The lowest BCUT2D eigenvalue weighted by Gasteiger charge is -2.11. The standard InChI is InChI=1S/C16H19F2N3S.HI/c1-2-19-16(21-10-12-7-9-22-11-12)20-8-6-13-14(17)4-3-5-15(13)18;/h3-5,7,9,11H,2,6,8,10H2,1H3,(H2,19,20,21);1H. The first-order chi connectivity index (χ1) is 10.7. The molecule has 0 aliphatic heterocycles. The number of halogens is 3. The van der Waals surface area contributed by atoms with E-state index in [0.29, 0.717) is 19.0 Å². The maximum Gasteiger partial charge on any atom is 0.191 e. The van der Waals surface area contributed by atoms with Gasteiger partial charge >= 0.3 is 0 Å². The van der Waals surface area contributed by atoms with Crippen molar-refractivity contribution >= 4 is 41.3 Å².